The molecule has 5 nitrogen and oxygen atoms in total. The smallest absolute Gasteiger partial charge is 0.416 e. The fourth-order valence-corrected chi connectivity index (χ4v) is 3.39. The van der Waals surface area contributed by atoms with Gasteiger partial charge in [-0.05, 0) is 37.1 Å². The molecule has 0 spiro atoms. The molecule has 1 amide bonds. The van der Waals surface area contributed by atoms with Crippen molar-refractivity contribution in [2.75, 3.05) is 6.54 Å². The zero-order valence-electron chi connectivity index (χ0n) is 13.5. The number of aromatic nitrogens is 1. The van der Waals surface area contributed by atoms with E-state index in [9.17, 15) is 22.8 Å². The van der Waals surface area contributed by atoms with Crippen LogP contribution in [0.4, 0.5) is 13.2 Å². The van der Waals surface area contributed by atoms with Crippen molar-refractivity contribution in [2.45, 2.75) is 31.5 Å². The Hall–Kier alpha value is -2.51. The topological polar surface area (TPSA) is 62.5 Å². The predicted octanol–water partition coefficient (Wildman–Crippen LogP) is 3.28. The Morgan fingerprint density at radius 3 is 2.64 bits per heavy atom. The van der Waals surface area contributed by atoms with Gasteiger partial charge in [-0.15, -0.1) is 0 Å². The lowest BCUT2D eigenvalue weighted by molar-refractivity contribution is -0.138. The first-order chi connectivity index (χ1) is 11.7. The minimum absolute atomic E-state index is 0.131. The zero-order valence-corrected chi connectivity index (χ0v) is 13.5. The van der Waals surface area contributed by atoms with E-state index in [2.05, 4.69) is 0 Å². The first-order valence-electron chi connectivity index (χ1n) is 7.88. The van der Waals surface area contributed by atoms with Crippen LogP contribution in [-0.4, -0.2) is 39.0 Å². The molecule has 0 bridgehead atoms. The second-order valence-electron chi connectivity index (χ2n) is 6.25. The highest BCUT2D eigenvalue weighted by atomic mass is 19.4. The van der Waals surface area contributed by atoms with Crippen molar-refractivity contribution >= 4 is 22.8 Å². The van der Waals surface area contributed by atoms with Crippen LogP contribution in [0.25, 0.3) is 10.9 Å². The van der Waals surface area contributed by atoms with Gasteiger partial charge in [-0.3, -0.25) is 9.59 Å². The largest absolute Gasteiger partial charge is 0.481 e. The summed E-state index contributed by atoms with van der Waals surface area (Å²) in [5.41, 5.74) is 0.00599. The molecule has 8 heteroatoms. The molecule has 1 aliphatic heterocycles. The standard InChI is InChI=1S/C17H17F3N2O3/c1-21-13-5-4-11(17(18,19)20)7-10(13)8-14(21)16(25)22-6-2-3-12(22)9-15(23)24/h4-5,7-8,12H,2-3,6,9H2,1H3,(H,23,24). The Bertz CT molecular complexity index is 842. The van der Waals surface area contributed by atoms with E-state index < -0.39 is 17.7 Å². The Morgan fingerprint density at radius 1 is 1.28 bits per heavy atom. The third-order valence-corrected chi connectivity index (χ3v) is 4.64. The van der Waals surface area contributed by atoms with Gasteiger partial charge in [0.25, 0.3) is 5.91 Å². The number of carbonyl (C=O) groups is 2. The molecule has 0 radical (unpaired) electrons. The molecule has 25 heavy (non-hydrogen) atoms. The first kappa shape index (κ1) is 17.3. The Kier molecular flexibility index (Phi) is 4.22. The molecule has 0 saturated carbocycles. The van der Waals surface area contributed by atoms with Crippen LogP contribution < -0.4 is 0 Å². The first-order valence-corrected chi connectivity index (χ1v) is 7.88. The normalized spacial score (nSPS) is 18.1. The number of benzene rings is 1. The highest BCUT2D eigenvalue weighted by Gasteiger charge is 2.33. The average molecular weight is 354 g/mol. The maximum absolute atomic E-state index is 12.9. The van der Waals surface area contributed by atoms with Crippen LogP contribution in [0.1, 0.15) is 35.3 Å². The molecule has 1 saturated heterocycles. The van der Waals surface area contributed by atoms with Crippen LogP contribution in [0.2, 0.25) is 0 Å². The summed E-state index contributed by atoms with van der Waals surface area (Å²) >= 11 is 0. The number of carboxylic acids is 1. The fraction of sp³-hybridized carbons (Fsp3) is 0.412. The van der Waals surface area contributed by atoms with Gasteiger partial charge in [0.1, 0.15) is 5.69 Å². The van der Waals surface area contributed by atoms with E-state index in [1.165, 1.54) is 17.0 Å². The van der Waals surface area contributed by atoms with Crippen molar-refractivity contribution in [1.29, 1.82) is 0 Å². The molecule has 1 aromatic heterocycles. The zero-order chi connectivity index (χ0) is 18.4. The number of alkyl halides is 3. The number of likely N-dealkylation sites (tertiary alicyclic amines) is 1. The van der Waals surface area contributed by atoms with Crippen LogP contribution >= 0.6 is 0 Å². The Morgan fingerprint density at radius 2 is 2.00 bits per heavy atom. The molecule has 1 aliphatic rings. The number of fused-ring (bicyclic) bond motifs is 1. The number of amides is 1. The van der Waals surface area contributed by atoms with E-state index in [0.29, 0.717) is 30.3 Å². The summed E-state index contributed by atoms with van der Waals surface area (Å²) < 4.78 is 40.1. The van der Waals surface area contributed by atoms with Crippen LogP contribution in [-0.2, 0) is 18.0 Å². The van der Waals surface area contributed by atoms with Crippen LogP contribution in [0.3, 0.4) is 0 Å². The summed E-state index contributed by atoms with van der Waals surface area (Å²) in [7, 11) is 1.62. The quantitative estimate of drug-likeness (QED) is 0.920. The summed E-state index contributed by atoms with van der Waals surface area (Å²) in [5.74, 6) is -1.33. The van der Waals surface area contributed by atoms with Crippen molar-refractivity contribution in [3.8, 4) is 0 Å². The number of halogens is 3. The molecular weight excluding hydrogens is 337 g/mol. The lowest BCUT2D eigenvalue weighted by Gasteiger charge is -2.23. The van der Waals surface area contributed by atoms with Crippen molar-refractivity contribution < 1.29 is 27.9 Å². The fourth-order valence-electron chi connectivity index (χ4n) is 3.39. The highest BCUT2D eigenvalue weighted by molar-refractivity contribution is 5.99. The number of aryl methyl sites for hydroxylation is 1. The van der Waals surface area contributed by atoms with Crippen LogP contribution in [0.5, 0.6) is 0 Å². The molecule has 0 aliphatic carbocycles. The summed E-state index contributed by atoms with van der Waals surface area (Å²) in [4.78, 5) is 25.3. The number of carboxylic acid groups (broad SMARTS) is 1. The van der Waals surface area contributed by atoms with Gasteiger partial charge in [0, 0.05) is 30.5 Å². The third kappa shape index (κ3) is 3.20. The van der Waals surface area contributed by atoms with Crippen molar-refractivity contribution in [2.24, 2.45) is 7.05 Å². The van der Waals surface area contributed by atoms with E-state index in [1.807, 2.05) is 0 Å². The maximum Gasteiger partial charge on any atom is 0.416 e. The average Bonchev–Trinajstić information content (AvgIpc) is 3.10. The Labute approximate surface area is 141 Å². The van der Waals surface area contributed by atoms with E-state index in [-0.39, 0.29) is 24.1 Å². The van der Waals surface area contributed by atoms with Crippen LogP contribution in [0.15, 0.2) is 24.3 Å². The van der Waals surface area contributed by atoms with Crippen molar-refractivity contribution in [3.63, 3.8) is 0 Å². The molecule has 1 N–H and O–H groups in total. The lowest BCUT2D eigenvalue weighted by Crippen LogP contribution is -2.37. The minimum Gasteiger partial charge on any atom is -0.481 e. The molecular formula is C17H17F3N2O3. The van der Waals surface area contributed by atoms with Gasteiger partial charge in [0.15, 0.2) is 0 Å². The number of aliphatic carboxylic acids is 1. The minimum atomic E-state index is -4.45. The van der Waals surface area contributed by atoms with E-state index >= 15 is 0 Å². The molecule has 1 unspecified atom stereocenters. The lowest BCUT2D eigenvalue weighted by atomic mass is 10.1. The number of hydrogen-bond acceptors (Lipinski definition) is 2. The molecule has 1 atom stereocenters. The number of nitrogens with zero attached hydrogens (tertiary/aromatic N) is 2. The van der Waals surface area contributed by atoms with Crippen molar-refractivity contribution in [1.82, 2.24) is 9.47 Å². The maximum atomic E-state index is 12.9. The van der Waals surface area contributed by atoms with E-state index in [1.54, 1.807) is 11.6 Å². The molecule has 2 aromatic rings. The summed E-state index contributed by atoms with van der Waals surface area (Å²) in [6, 6.07) is 4.40. The van der Waals surface area contributed by atoms with Gasteiger partial charge in [-0.2, -0.15) is 13.2 Å². The second kappa shape index (κ2) is 6.09. The molecule has 134 valence electrons. The van der Waals surface area contributed by atoms with Gasteiger partial charge >= 0.3 is 12.1 Å². The predicted molar refractivity (Wildman–Crippen MR) is 84.2 cm³/mol. The molecule has 2 heterocycles. The van der Waals surface area contributed by atoms with Gasteiger partial charge < -0.3 is 14.6 Å². The monoisotopic (exact) mass is 354 g/mol. The second-order valence-corrected chi connectivity index (χ2v) is 6.25. The van der Waals surface area contributed by atoms with Gasteiger partial charge in [-0.25, -0.2) is 0 Å². The number of hydrogen-bond donors (Lipinski definition) is 1. The van der Waals surface area contributed by atoms with E-state index in [0.717, 1.165) is 12.1 Å². The third-order valence-electron chi connectivity index (χ3n) is 4.64. The van der Waals surface area contributed by atoms with Crippen LogP contribution in [0, 0.1) is 0 Å². The number of carbonyl (C=O) groups excluding carboxylic acids is 1. The van der Waals surface area contributed by atoms with Gasteiger partial charge in [0.05, 0.1) is 12.0 Å². The van der Waals surface area contributed by atoms with Gasteiger partial charge in [0.2, 0.25) is 0 Å². The van der Waals surface area contributed by atoms with E-state index in [4.69, 9.17) is 5.11 Å². The molecule has 3 rings (SSSR count). The summed E-state index contributed by atoms with van der Waals surface area (Å²) in [6.07, 6.45) is -3.25. The molecule has 1 aromatic carbocycles. The molecule has 1 fully saturated rings. The summed E-state index contributed by atoms with van der Waals surface area (Å²) in [6.45, 7) is 0.451. The SMILES string of the molecule is Cn1c(C(=O)N2CCCC2CC(=O)O)cc2cc(C(F)(F)F)ccc21. The highest BCUT2D eigenvalue weighted by Crippen LogP contribution is 2.33. The number of rotatable bonds is 3. The van der Waals surface area contributed by atoms with Crippen molar-refractivity contribution in [3.05, 3.63) is 35.5 Å². The van der Waals surface area contributed by atoms with Gasteiger partial charge in [-0.1, -0.05) is 0 Å². The summed E-state index contributed by atoms with van der Waals surface area (Å²) in [5, 5.41) is 9.30. The Balaban J connectivity index is 1.96.